The molecule has 10 nitrogen and oxygen atoms in total. The predicted molar refractivity (Wildman–Crippen MR) is 87.0 cm³/mol. The lowest BCUT2D eigenvalue weighted by Crippen LogP contribution is -2.40. The number of nitrogens with one attached hydrogen (secondary N) is 3. The van der Waals surface area contributed by atoms with Crippen LogP contribution in [-0.4, -0.2) is 67.0 Å². The van der Waals surface area contributed by atoms with Gasteiger partial charge in [0.1, 0.15) is 22.9 Å². The SMILES string of the molecule is C=C(C)C(=O)Nc1c(SC[C@H](O)[C@H](O)[C@H](O)CO)[nH]c(=O)[nH]c1=O. The van der Waals surface area contributed by atoms with Gasteiger partial charge in [-0.25, -0.2) is 4.79 Å². The van der Waals surface area contributed by atoms with Crippen LogP contribution in [0.1, 0.15) is 6.92 Å². The first-order valence-electron chi connectivity index (χ1n) is 6.78. The van der Waals surface area contributed by atoms with Crippen LogP contribution >= 0.6 is 11.8 Å². The van der Waals surface area contributed by atoms with Crippen LogP contribution in [0.2, 0.25) is 0 Å². The average molecular weight is 361 g/mol. The minimum Gasteiger partial charge on any atom is -0.394 e. The van der Waals surface area contributed by atoms with Gasteiger partial charge in [-0.1, -0.05) is 6.58 Å². The normalized spacial score (nSPS) is 14.7. The van der Waals surface area contributed by atoms with Crippen molar-refractivity contribution in [1.82, 2.24) is 9.97 Å². The van der Waals surface area contributed by atoms with E-state index in [0.29, 0.717) is 0 Å². The first kappa shape index (κ1) is 20.1. The van der Waals surface area contributed by atoms with E-state index in [9.17, 15) is 29.7 Å². The first-order valence-corrected chi connectivity index (χ1v) is 7.77. The summed E-state index contributed by atoms with van der Waals surface area (Å²) in [7, 11) is 0. The molecule has 0 aliphatic heterocycles. The molecular formula is C13H19N3O7S. The number of hydrogen-bond acceptors (Lipinski definition) is 8. The Balaban J connectivity index is 2.98. The molecule has 0 fully saturated rings. The Morgan fingerprint density at radius 3 is 2.42 bits per heavy atom. The van der Waals surface area contributed by atoms with Gasteiger partial charge >= 0.3 is 5.69 Å². The fourth-order valence-corrected chi connectivity index (χ4v) is 2.53. The summed E-state index contributed by atoms with van der Waals surface area (Å²) in [5.41, 5.74) is -1.77. The van der Waals surface area contributed by atoms with Gasteiger partial charge in [-0.15, -0.1) is 11.8 Å². The molecule has 0 saturated heterocycles. The van der Waals surface area contributed by atoms with Gasteiger partial charge in [0, 0.05) is 11.3 Å². The number of hydrogen-bond donors (Lipinski definition) is 7. The zero-order valence-electron chi connectivity index (χ0n) is 12.8. The Kier molecular flexibility index (Phi) is 7.38. The molecule has 0 aliphatic rings. The summed E-state index contributed by atoms with van der Waals surface area (Å²) in [5, 5.41) is 39.6. The number of amides is 1. The van der Waals surface area contributed by atoms with Gasteiger partial charge in [-0.05, 0) is 6.92 Å². The Morgan fingerprint density at radius 2 is 1.88 bits per heavy atom. The number of anilines is 1. The maximum Gasteiger partial charge on any atom is 0.326 e. The van der Waals surface area contributed by atoms with Crippen LogP contribution in [0.5, 0.6) is 0 Å². The molecule has 1 rings (SSSR count). The van der Waals surface area contributed by atoms with E-state index in [1.807, 2.05) is 4.98 Å². The summed E-state index contributed by atoms with van der Waals surface area (Å²) in [6.45, 7) is 4.11. The Labute approximate surface area is 140 Å². The Morgan fingerprint density at radius 1 is 1.25 bits per heavy atom. The first-order chi connectivity index (χ1) is 11.2. The maximum atomic E-state index is 11.8. The highest BCUT2D eigenvalue weighted by Crippen LogP contribution is 2.22. The fourth-order valence-electron chi connectivity index (χ4n) is 1.54. The van der Waals surface area contributed by atoms with Crippen molar-refractivity contribution in [3.8, 4) is 0 Å². The van der Waals surface area contributed by atoms with Gasteiger partial charge in [0.25, 0.3) is 11.5 Å². The highest BCUT2D eigenvalue weighted by Gasteiger charge is 2.25. The fraction of sp³-hybridized carbons (Fsp3) is 0.462. The van der Waals surface area contributed by atoms with Gasteiger partial charge < -0.3 is 30.7 Å². The second-order valence-electron chi connectivity index (χ2n) is 4.97. The smallest absolute Gasteiger partial charge is 0.326 e. The van der Waals surface area contributed by atoms with Crippen molar-refractivity contribution in [2.45, 2.75) is 30.3 Å². The van der Waals surface area contributed by atoms with Crippen molar-refractivity contribution in [3.63, 3.8) is 0 Å². The number of carbonyl (C=O) groups excluding carboxylic acids is 1. The molecule has 1 amide bonds. The predicted octanol–water partition coefficient (Wildman–Crippen LogP) is -2.26. The number of H-pyrrole nitrogens is 2. The van der Waals surface area contributed by atoms with Crippen LogP contribution in [-0.2, 0) is 4.79 Å². The molecule has 7 N–H and O–H groups in total. The lowest BCUT2D eigenvalue weighted by atomic mass is 10.1. The molecule has 11 heteroatoms. The summed E-state index contributed by atoms with van der Waals surface area (Å²) >= 11 is 0.771. The number of rotatable bonds is 8. The number of aromatic amines is 2. The molecule has 134 valence electrons. The molecule has 0 saturated carbocycles. The number of aromatic nitrogens is 2. The summed E-state index contributed by atoms with van der Waals surface area (Å²) in [6.07, 6.45) is -4.62. The second kappa shape index (κ2) is 8.80. The average Bonchev–Trinajstić information content (AvgIpc) is 2.53. The lowest BCUT2D eigenvalue weighted by Gasteiger charge is -2.21. The molecule has 1 aromatic rings. The Hall–Kier alpha value is -1.92. The highest BCUT2D eigenvalue weighted by molar-refractivity contribution is 7.99. The summed E-state index contributed by atoms with van der Waals surface area (Å²) < 4.78 is 0. The lowest BCUT2D eigenvalue weighted by molar-refractivity contribution is -0.112. The van der Waals surface area contributed by atoms with Gasteiger partial charge in [0.2, 0.25) is 0 Å². The monoisotopic (exact) mass is 361 g/mol. The zero-order valence-corrected chi connectivity index (χ0v) is 13.6. The van der Waals surface area contributed by atoms with E-state index in [4.69, 9.17) is 5.11 Å². The van der Waals surface area contributed by atoms with Gasteiger partial charge in [0.15, 0.2) is 0 Å². The van der Waals surface area contributed by atoms with Crippen LogP contribution in [0.25, 0.3) is 0 Å². The third kappa shape index (κ3) is 5.32. The molecule has 0 bridgehead atoms. The number of aliphatic hydroxyl groups is 4. The van der Waals surface area contributed by atoms with E-state index in [1.165, 1.54) is 6.92 Å². The van der Waals surface area contributed by atoms with Crippen molar-refractivity contribution < 1.29 is 25.2 Å². The van der Waals surface area contributed by atoms with Gasteiger partial charge in [0.05, 0.1) is 12.7 Å². The largest absolute Gasteiger partial charge is 0.394 e. The zero-order chi connectivity index (χ0) is 18.4. The summed E-state index contributed by atoms with van der Waals surface area (Å²) in [4.78, 5) is 39.1. The van der Waals surface area contributed by atoms with E-state index < -0.39 is 42.1 Å². The summed E-state index contributed by atoms with van der Waals surface area (Å²) in [6, 6.07) is 0. The molecule has 1 heterocycles. The van der Waals surface area contributed by atoms with Crippen LogP contribution in [0.3, 0.4) is 0 Å². The number of carbonyl (C=O) groups is 1. The molecule has 0 radical (unpaired) electrons. The maximum absolute atomic E-state index is 11.8. The minimum absolute atomic E-state index is 0.0388. The van der Waals surface area contributed by atoms with Crippen molar-refractivity contribution in [1.29, 1.82) is 0 Å². The van der Waals surface area contributed by atoms with Gasteiger partial charge in [-0.2, -0.15) is 0 Å². The van der Waals surface area contributed by atoms with E-state index in [1.54, 1.807) is 0 Å². The quantitative estimate of drug-likeness (QED) is 0.154. The third-order valence-corrected chi connectivity index (χ3v) is 4.01. The van der Waals surface area contributed by atoms with Crippen LogP contribution in [0.15, 0.2) is 26.8 Å². The molecule has 0 unspecified atom stereocenters. The molecule has 3 atom stereocenters. The molecule has 24 heavy (non-hydrogen) atoms. The van der Waals surface area contributed by atoms with Crippen molar-refractivity contribution in [3.05, 3.63) is 33.0 Å². The van der Waals surface area contributed by atoms with E-state index in [2.05, 4.69) is 16.9 Å². The van der Waals surface area contributed by atoms with Crippen LogP contribution in [0, 0.1) is 0 Å². The van der Waals surface area contributed by atoms with Crippen molar-refractivity contribution in [2.24, 2.45) is 0 Å². The molecule has 0 aromatic carbocycles. The number of thioether (sulfide) groups is 1. The molecular weight excluding hydrogens is 342 g/mol. The standard InChI is InChI=1S/C13H19N3O7S/c1-5(2)10(21)14-8-11(22)15-13(23)16-12(8)24-4-7(19)9(20)6(18)3-17/h6-7,9,17-20H,1,3-4H2,2H3,(H,14,21)(H2,15,16,22,23)/t6-,7+,9-/m1/s1. The van der Waals surface area contributed by atoms with Crippen molar-refractivity contribution in [2.75, 3.05) is 17.7 Å². The van der Waals surface area contributed by atoms with Crippen molar-refractivity contribution >= 4 is 23.4 Å². The minimum atomic E-state index is -1.62. The van der Waals surface area contributed by atoms with E-state index >= 15 is 0 Å². The highest BCUT2D eigenvalue weighted by atomic mass is 32.2. The van der Waals surface area contributed by atoms with Gasteiger partial charge in [-0.3, -0.25) is 14.6 Å². The Bertz CT molecular complexity index is 714. The summed E-state index contributed by atoms with van der Waals surface area (Å²) in [5.74, 6) is -0.862. The topological polar surface area (TPSA) is 176 Å². The van der Waals surface area contributed by atoms with E-state index in [-0.39, 0.29) is 22.0 Å². The second-order valence-corrected chi connectivity index (χ2v) is 6.00. The molecule has 0 aliphatic carbocycles. The molecule has 0 spiro atoms. The molecule has 1 aromatic heterocycles. The third-order valence-electron chi connectivity index (χ3n) is 2.91. The van der Waals surface area contributed by atoms with Crippen LogP contribution in [0.4, 0.5) is 5.69 Å². The number of aliphatic hydroxyl groups excluding tert-OH is 4. The van der Waals surface area contributed by atoms with E-state index in [0.717, 1.165) is 11.8 Å². The van der Waals surface area contributed by atoms with Crippen LogP contribution < -0.4 is 16.6 Å².